The van der Waals surface area contributed by atoms with Crippen molar-refractivity contribution < 1.29 is 17.9 Å². The largest absolute Gasteiger partial charge is 0.487 e. The normalized spacial score (nSPS) is 14.6. The van der Waals surface area contributed by atoms with E-state index in [2.05, 4.69) is 10.1 Å². The molecule has 4 aromatic rings. The van der Waals surface area contributed by atoms with Crippen molar-refractivity contribution in [3.05, 3.63) is 82.4 Å². The molecule has 2 aromatic heterocycles. The molecule has 0 spiro atoms. The summed E-state index contributed by atoms with van der Waals surface area (Å²) < 4.78 is 38.9. The molecule has 1 aliphatic heterocycles. The lowest BCUT2D eigenvalue weighted by atomic mass is 10.0. The number of rotatable bonds is 5. The fourth-order valence-electron chi connectivity index (χ4n) is 4.13. The maximum absolute atomic E-state index is 13.3. The fourth-order valence-corrected chi connectivity index (χ4v) is 5.48. The van der Waals surface area contributed by atoms with Crippen LogP contribution in [0.25, 0.3) is 10.8 Å². The Morgan fingerprint density at radius 3 is 2.56 bits per heavy atom. The topological polar surface area (TPSA) is 100 Å². The summed E-state index contributed by atoms with van der Waals surface area (Å²) in [7, 11) is -2.25. The molecule has 0 aliphatic carbocycles. The van der Waals surface area contributed by atoms with Crippen LogP contribution < -0.4 is 15.0 Å². The minimum Gasteiger partial charge on any atom is -0.487 e. The van der Waals surface area contributed by atoms with Crippen molar-refractivity contribution >= 4 is 20.6 Å². The van der Waals surface area contributed by atoms with E-state index in [1.165, 1.54) is 36.2 Å². The van der Waals surface area contributed by atoms with Crippen molar-refractivity contribution in [3.63, 3.8) is 0 Å². The van der Waals surface area contributed by atoms with Crippen molar-refractivity contribution in [2.24, 2.45) is 0 Å². The Morgan fingerprint density at radius 2 is 1.82 bits per heavy atom. The molecule has 8 nitrogen and oxygen atoms in total. The second kappa shape index (κ2) is 7.95. The molecule has 0 unspecified atom stereocenters. The van der Waals surface area contributed by atoms with Crippen LogP contribution >= 0.6 is 0 Å². The number of ether oxygens (including phenoxy) is 2. The summed E-state index contributed by atoms with van der Waals surface area (Å²) in [5, 5.41) is 5.08. The monoisotopic (exact) mass is 477 g/mol. The van der Waals surface area contributed by atoms with Gasteiger partial charge >= 0.3 is 0 Å². The van der Waals surface area contributed by atoms with Crippen molar-refractivity contribution in [1.29, 1.82) is 0 Å². The number of hydrogen-bond donors (Lipinski definition) is 0. The minimum absolute atomic E-state index is 0.108. The zero-order valence-electron chi connectivity index (χ0n) is 19.0. The molecule has 0 saturated heterocycles. The molecule has 3 heterocycles. The first-order chi connectivity index (χ1) is 16.2. The molecular formula is C25H23N3O5S. The maximum Gasteiger partial charge on any atom is 0.274 e. The predicted molar refractivity (Wildman–Crippen MR) is 126 cm³/mol. The second-order valence-electron chi connectivity index (χ2n) is 8.88. The third kappa shape index (κ3) is 3.92. The van der Waals surface area contributed by atoms with Crippen molar-refractivity contribution in [1.82, 2.24) is 14.8 Å². The van der Waals surface area contributed by atoms with Gasteiger partial charge in [-0.15, -0.1) is 0 Å². The number of sulfone groups is 1. The van der Waals surface area contributed by atoms with Gasteiger partial charge in [0.2, 0.25) is 15.7 Å². The molecule has 34 heavy (non-hydrogen) atoms. The molecule has 5 rings (SSSR count). The van der Waals surface area contributed by atoms with E-state index < -0.39 is 9.84 Å². The van der Waals surface area contributed by atoms with Crippen molar-refractivity contribution in [3.8, 4) is 11.6 Å². The highest BCUT2D eigenvalue weighted by atomic mass is 32.2. The summed E-state index contributed by atoms with van der Waals surface area (Å²) >= 11 is 0. The van der Waals surface area contributed by atoms with E-state index in [1.807, 2.05) is 19.9 Å². The van der Waals surface area contributed by atoms with Crippen LogP contribution in [0.3, 0.4) is 0 Å². The molecule has 0 bridgehead atoms. The van der Waals surface area contributed by atoms with E-state index in [-0.39, 0.29) is 27.5 Å². The number of methoxy groups -OCH3 is 1. The summed E-state index contributed by atoms with van der Waals surface area (Å²) in [6.07, 6.45) is 3.76. The van der Waals surface area contributed by atoms with Gasteiger partial charge in [-0.05, 0) is 61.4 Å². The van der Waals surface area contributed by atoms with E-state index in [4.69, 9.17) is 9.47 Å². The molecular weight excluding hydrogens is 454 g/mol. The molecule has 174 valence electrons. The van der Waals surface area contributed by atoms with Crippen molar-refractivity contribution in [2.45, 2.75) is 42.2 Å². The highest BCUT2D eigenvalue weighted by Gasteiger charge is 2.31. The molecule has 0 atom stereocenters. The van der Waals surface area contributed by atoms with Crippen LogP contribution in [-0.4, -0.2) is 35.9 Å². The maximum atomic E-state index is 13.3. The number of hydrogen-bond acceptors (Lipinski definition) is 7. The molecule has 0 saturated carbocycles. The highest BCUT2D eigenvalue weighted by Crippen LogP contribution is 2.37. The van der Waals surface area contributed by atoms with Crippen LogP contribution in [0.4, 0.5) is 0 Å². The van der Waals surface area contributed by atoms with Gasteiger partial charge in [0.05, 0.1) is 35.0 Å². The van der Waals surface area contributed by atoms with E-state index in [0.717, 1.165) is 11.1 Å². The average molecular weight is 478 g/mol. The second-order valence-corrected chi connectivity index (χ2v) is 10.8. The predicted octanol–water partition coefficient (Wildman–Crippen LogP) is 3.39. The Balaban J connectivity index is 1.47. The number of benzene rings is 2. The summed E-state index contributed by atoms with van der Waals surface area (Å²) in [6.45, 7) is 4.17. The number of fused-ring (bicyclic) bond motifs is 2. The van der Waals surface area contributed by atoms with E-state index in [1.54, 1.807) is 30.5 Å². The Bertz CT molecular complexity index is 1570. The molecule has 9 heteroatoms. The first kappa shape index (κ1) is 22.1. The average Bonchev–Trinajstić information content (AvgIpc) is 3.14. The van der Waals surface area contributed by atoms with Crippen LogP contribution in [0.1, 0.15) is 25.0 Å². The highest BCUT2D eigenvalue weighted by molar-refractivity contribution is 7.91. The SMILES string of the molecule is COc1ccc(Cn2ncc3cc(S(=O)(=O)c4ccc5c(c4)CC(C)(C)O5)ccc3c2=O)cn1. The summed E-state index contributed by atoms with van der Waals surface area (Å²) in [4.78, 5) is 17.4. The lowest BCUT2D eigenvalue weighted by molar-refractivity contribution is 0.138. The lowest BCUT2D eigenvalue weighted by Crippen LogP contribution is -2.24. The van der Waals surface area contributed by atoms with E-state index in [9.17, 15) is 13.2 Å². The van der Waals surface area contributed by atoms with Gasteiger partial charge in [0.1, 0.15) is 11.4 Å². The van der Waals surface area contributed by atoms with Crippen molar-refractivity contribution in [2.75, 3.05) is 7.11 Å². The molecule has 0 N–H and O–H groups in total. The van der Waals surface area contributed by atoms with Gasteiger partial charge in [-0.25, -0.2) is 18.1 Å². The standard InChI is InChI=1S/C25H23N3O5S/c1-25(2)12-17-10-20(6-8-22(17)33-25)34(30,31)19-5-7-21-18(11-19)14-27-28(24(21)29)15-16-4-9-23(32-3)26-13-16/h4-11,13-14H,12,15H2,1-3H3. The summed E-state index contributed by atoms with van der Waals surface area (Å²) in [6, 6.07) is 12.9. The first-order valence-electron chi connectivity index (χ1n) is 10.7. The van der Waals surface area contributed by atoms with Crippen LogP contribution in [0.2, 0.25) is 0 Å². The third-order valence-electron chi connectivity index (χ3n) is 5.82. The van der Waals surface area contributed by atoms with Gasteiger partial charge in [-0.2, -0.15) is 5.10 Å². The summed E-state index contributed by atoms with van der Waals surface area (Å²) in [5.41, 5.74) is 0.984. The molecule has 0 fully saturated rings. The minimum atomic E-state index is -3.78. The van der Waals surface area contributed by atoms with E-state index in [0.29, 0.717) is 28.8 Å². The molecule has 1 aliphatic rings. The summed E-state index contributed by atoms with van der Waals surface area (Å²) in [5.74, 6) is 1.19. The van der Waals surface area contributed by atoms with Crippen LogP contribution in [0, 0.1) is 0 Å². The van der Waals surface area contributed by atoms with Gasteiger partial charge in [-0.3, -0.25) is 4.79 Å². The number of aromatic nitrogens is 3. The Kier molecular flexibility index (Phi) is 5.16. The van der Waals surface area contributed by atoms with Crippen LogP contribution in [-0.2, 0) is 22.8 Å². The number of nitrogens with zero attached hydrogens (tertiary/aromatic N) is 3. The quantitative estimate of drug-likeness (QED) is 0.434. The van der Waals surface area contributed by atoms with Gasteiger partial charge in [0.15, 0.2) is 0 Å². The molecule has 0 amide bonds. The van der Waals surface area contributed by atoms with Crippen LogP contribution in [0.15, 0.2) is 75.5 Å². The first-order valence-corrected chi connectivity index (χ1v) is 12.2. The van der Waals surface area contributed by atoms with E-state index >= 15 is 0 Å². The smallest absolute Gasteiger partial charge is 0.274 e. The molecule has 0 radical (unpaired) electrons. The van der Waals surface area contributed by atoms with Gasteiger partial charge in [0.25, 0.3) is 5.56 Å². The van der Waals surface area contributed by atoms with Gasteiger partial charge in [0, 0.05) is 24.1 Å². The van der Waals surface area contributed by atoms with Gasteiger partial charge in [-0.1, -0.05) is 6.07 Å². The third-order valence-corrected chi connectivity index (χ3v) is 7.57. The van der Waals surface area contributed by atoms with Crippen LogP contribution in [0.5, 0.6) is 11.6 Å². The number of pyridine rings is 1. The van der Waals surface area contributed by atoms with Gasteiger partial charge < -0.3 is 9.47 Å². The zero-order chi connectivity index (χ0) is 24.1. The lowest BCUT2D eigenvalue weighted by Gasteiger charge is -2.16. The fraction of sp³-hybridized carbons (Fsp3) is 0.240. The zero-order valence-corrected chi connectivity index (χ0v) is 19.8. The Hall–Kier alpha value is -3.72. The molecule has 2 aromatic carbocycles. The Morgan fingerprint density at radius 1 is 1.06 bits per heavy atom. The Labute approximate surface area is 196 Å².